The van der Waals surface area contributed by atoms with Crippen LogP contribution < -0.4 is 10.4 Å². The first kappa shape index (κ1) is 14.4. The van der Waals surface area contributed by atoms with E-state index in [0.717, 1.165) is 0 Å². The van der Waals surface area contributed by atoms with Crippen molar-refractivity contribution in [3.8, 4) is 5.75 Å². The Morgan fingerprint density at radius 1 is 1.32 bits per heavy atom. The molecular formula is C17H16O5. The summed E-state index contributed by atoms with van der Waals surface area (Å²) in [6.07, 6.45) is 3.77. The Labute approximate surface area is 127 Å². The second kappa shape index (κ2) is 5.02. The van der Waals surface area contributed by atoms with Gasteiger partial charge in [0.1, 0.15) is 22.5 Å². The number of esters is 1. The Morgan fingerprint density at radius 3 is 2.82 bits per heavy atom. The lowest BCUT2D eigenvalue weighted by atomic mass is 10.0. The lowest BCUT2D eigenvalue weighted by molar-refractivity contribution is 0.0522. The minimum Gasteiger partial charge on any atom is -0.483 e. The monoisotopic (exact) mass is 300 g/mol. The molecule has 0 spiro atoms. The number of rotatable bonds is 2. The maximum atomic E-state index is 12.0. The molecule has 0 saturated carbocycles. The topological polar surface area (TPSA) is 65.7 Å². The van der Waals surface area contributed by atoms with Crippen LogP contribution in [0.25, 0.3) is 17.0 Å². The molecule has 0 N–H and O–H groups in total. The summed E-state index contributed by atoms with van der Waals surface area (Å²) in [4.78, 5) is 23.8. The summed E-state index contributed by atoms with van der Waals surface area (Å²) in [6.45, 7) is 5.76. The first-order valence-electron chi connectivity index (χ1n) is 7.07. The van der Waals surface area contributed by atoms with Crippen molar-refractivity contribution in [3.63, 3.8) is 0 Å². The fourth-order valence-electron chi connectivity index (χ4n) is 2.39. The minimum absolute atomic E-state index is 0.102. The van der Waals surface area contributed by atoms with Gasteiger partial charge in [0.25, 0.3) is 0 Å². The van der Waals surface area contributed by atoms with E-state index in [1.807, 2.05) is 26.0 Å². The van der Waals surface area contributed by atoms with Crippen LogP contribution in [0.15, 0.2) is 33.5 Å². The zero-order chi connectivity index (χ0) is 15.9. The third kappa shape index (κ3) is 2.39. The number of hydrogen-bond acceptors (Lipinski definition) is 5. The number of carbonyl (C=O) groups is 1. The number of benzene rings is 1. The standard InChI is InChI=1S/C17H16O5/c1-4-20-15(18)12-9-10-5-6-13-11(14(10)21-16(12)19)7-8-17(2,3)22-13/h5-9H,4H2,1-3H3. The Morgan fingerprint density at radius 2 is 2.09 bits per heavy atom. The van der Waals surface area contributed by atoms with Crippen molar-refractivity contribution in [2.75, 3.05) is 6.61 Å². The molecule has 5 heteroatoms. The van der Waals surface area contributed by atoms with Crippen molar-refractivity contribution in [1.82, 2.24) is 0 Å². The van der Waals surface area contributed by atoms with Gasteiger partial charge in [0.15, 0.2) is 0 Å². The summed E-state index contributed by atoms with van der Waals surface area (Å²) in [6, 6.07) is 5.06. The highest BCUT2D eigenvalue weighted by molar-refractivity contribution is 5.95. The normalized spacial score (nSPS) is 15.2. The number of hydrogen-bond donors (Lipinski definition) is 0. The van der Waals surface area contributed by atoms with Crippen molar-refractivity contribution in [2.45, 2.75) is 26.4 Å². The van der Waals surface area contributed by atoms with Crippen molar-refractivity contribution in [3.05, 3.63) is 45.8 Å². The Kier molecular flexibility index (Phi) is 3.28. The largest absolute Gasteiger partial charge is 0.483 e. The van der Waals surface area contributed by atoms with Crippen LogP contribution in [0.5, 0.6) is 5.75 Å². The Hall–Kier alpha value is -2.56. The van der Waals surface area contributed by atoms with Gasteiger partial charge in [-0.15, -0.1) is 0 Å². The van der Waals surface area contributed by atoms with Gasteiger partial charge >= 0.3 is 11.6 Å². The molecule has 3 rings (SSSR count). The quantitative estimate of drug-likeness (QED) is 0.629. The lowest BCUT2D eigenvalue weighted by Gasteiger charge is -2.27. The number of carbonyl (C=O) groups excluding carboxylic acids is 1. The fraction of sp³-hybridized carbons (Fsp3) is 0.294. The van der Waals surface area contributed by atoms with Gasteiger partial charge in [-0.05, 0) is 51.1 Å². The first-order chi connectivity index (χ1) is 10.4. The van der Waals surface area contributed by atoms with Crippen LogP contribution in [0.2, 0.25) is 0 Å². The zero-order valence-electron chi connectivity index (χ0n) is 12.6. The molecule has 0 unspecified atom stereocenters. The molecule has 0 amide bonds. The smallest absolute Gasteiger partial charge is 0.351 e. The van der Waals surface area contributed by atoms with Gasteiger partial charge in [-0.1, -0.05) is 0 Å². The van der Waals surface area contributed by atoms with Gasteiger partial charge in [0.2, 0.25) is 0 Å². The van der Waals surface area contributed by atoms with Gasteiger partial charge in [-0.25, -0.2) is 9.59 Å². The summed E-state index contributed by atoms with van der Waals surface area (Å²) in [5.74, 6) is -0.0316. The highest BCUT2D eigenvalue weighted by Crippen LogP contribution is 2.35. The molecule has 0 atom stereocenters. The van der Waals surface area contributed by atoms with E-state index in [9.17, 15) is 9.59 Å². The van der Waals surface area contributed by atoms with E-state index in [0.29, 0.717) is 22.3 Å². The molecule has 0 saturated heterocycles. The molecule has 1 aliphatic rings. The molecular weight excluding hydrogens is 284 g/mol. The van der Waals surface area contributed by atoms with Crippen molar-refractivity contribution in [1.29, 1.82) is 0 Å². The predicted octanol–water partition coefficient (Wildman–Crippen LogP) is 3.15. The highest BCUT2D eigenvalue weighted by Gasteiger charge is 2.24. The van der Waals surface area contributed by atoms with E-state index >= 15 is 0 Å². The molecule has 2 heterocycles. The summed E-state index contributed by atoms with van der Waals surface area (Å²) in [5, 5.41) is 0.648. The SMILES string of the molecule is CCOC(=O)c1cc2ccc3c(c2oc1=O)C=CC(C)(C)O3. The molecule has 0 radical (unpaired) electrons. The molecule has 2 aromatic rings. The average molecular weight is 300 g/mol. The number of ether oxygens (including phenoxy) is 2. The Balaban J connectivity index is 2.18. The second-order valence-corrected chi connectivity index (χ2v) is 5.60. The molecule has 1 aromatic heterocycles. The van der Waals surface area contributed by atoms with Crippen molar-refractivity contribution < 1.29 is 18.7 Å². The van der Waals surface area contributed by atoms with E-state index < -0.39 is 17.2 Å². The van der Waals surface area contributed by atoms with E-state index in [-0.39, 0.29) is 12.2 Å². The summed E-state index contributed by atoms with van der Waals surface area (Å²) >= 11 is 0. The molecule has 0 bridgehead atoms. The van der Waals surface area contributed by atoms with Gasteiger partial charge < -0.3 is 13.9 Å². The lowest BCUT2D eigenvalue weighted by Crippen LogP contribution is -2.27. The van der Waals surface area contributed by atoms with Crippen LogP contribution in [0.1, 0.15) is 36.7 Å². The molecule has 0 fully saturated rings. The third-order valence-corrected chi connectivity index (χ3v) is 3.42. The van der Waals surface area contributed by atoms with Crippen LogP contribution in [0.3, 0.4) is 0 Å². The van der Waals surface area contributed by atoms with Gasteiger partial charge in [0.05, 0.1) is 12.2 Å². The molecule has 5 nitrogen and oxygen atoms in total. The maximum absolute atomic E-state index is 12.0. The molecule has 114 valence electrons. The molecule has 22 heavy (non-hydrogen) atoms. The third-order valence-electron chi connectivity index (χ3n) is 3.42. The Bertz CT molecular complexity index is 842. The van der Waals surface area contributed by atoms with Crippen LogP contribution in [0.4, 0.5) is 0 Å². The molecule has 0 aliphatic carbocycles. The second-order valence-electron chi connectivity index (χ2n) is 5.60. The van der Waals surface area contributed by atoms with Crippen LogP contribution in [0, 0.1) is 0 Å². The van der Waals surface area contributed by atoms with Crippen molar-refractivity contribution in [2.24, 2.45) is 0 Å². The van der Waals surface area contributed by atoms with Gasteiger partial charge in [-0.3, -0.25) is 0 Å². The fourth-order valence-corrected chi connectivity index (χ4v) is 2.39. The number of fused-ring (bicyclic) bond motifs is 3. The van der Waals surface area contributed by atoms with Gasteiger partial charge in [-0.2, -0.15) is 0 Å². The maximum Gasteiger partial charge on any atom is 0.351 e. The minimum atomic E-state index is -0.711. The zero-order valence-corrected chi connectivity index (χ0v) is 12.6. The van der Waals surface area contributed by atoms with Crippen LogP contribution in [-0.4, -0.2) is 18.2 Å². The molecule has 1 aliphatic heterocycles. The van der Waals surface area contributed by atoms with Crippen LogP contribution >= 0.6 is 0 Å². The van der Waals surface area contributed by atoms with E-state index in [2.05, 4.69) is 0 Å². The summed E-state index contributed by atoms with van der Waals surface area (Å²) < 4.78 is 16.0. The summed E-state index contributed by atoms with van der Waals surface area (Å²) in [7, 11) is 0. The predicted molar refractivity (Wildman–Crippen MR) is 82.2 cm³/mol. The van der Waals surface area contributed by atoms with Crippen molar-refractivity contribution >= 4 is 23.0 Å². The van der Waals surface area contributed by atoms with E-state index in [1.165, 1.54) is 6.07 Å². The van der Waals surface area contributed by atoms with E-state index in [4.69, 9.17) is 13.9 Å². The first-order valence-corrected chi connectivity index (χ1v) is 7.07. The van der Waals surface area contributed by atoms with E-state index in [1.54, 1.807) is 19.1 Å². The molecule has 1 aromatic carbocycles. The average Bonchev–Trinajstić information content (AvgIpc) is 2.45. The van der Waals surface area contributed by atoms with Gasteiger partial charge in [0, 0.05) is 5.39 Å². The van der Waals surface area contributed by atoms with Crippen LogP contribution in [-0.2, 0) is 4.74 Å². The summed E-state index contributed by atoms with van der Waals surface area (Å²) in [5.41, 5.74) is -0.120. The highest BCUT2D eigenvalue weighted by atomic mass is 16.5.